The summed E-state index contributed by atoms with van der Waals surface area (Å²) >= 11 is 12.1. The minimum Gasteiger partial charge on any atom is -0.387 e. The SMILES string of the molecule is OC(c1ccc(Cl)cc1Cl)C1(c2ccccc2)CC1. The normalized spacial score (nSPS) is 18.1. The van der Waals surface area contributed by atoms with Crippen LogP contribution in [0.5, 0.6) is 0 Å². The Hall–Kier alpha value is -1.02. The molecule has 0 bridgehead atoms. The Kier molecular flexibility index (Phi) is 3.30. The molecule has 1 nitrogen and oxygen atoms in total. The number of benzene rings is 2. The molecular weight excluding hydrogens is 279 g/mol. The molecular formula is C16H14Cl2O. The van der Waals surface area contributed by atoms with Gasteiger partial charge in [-0.25, -0.2) is 0 Å². The van der Waals surface area contributed by atoms with Crippen LogP contribution in [0.4, 0.5) is 0 Å². The van der Waals surface area contributed by atoms with Gasteiger partial charge in [-0.15, -0.1) is 0 Å². The molecule has 1 atom stereocenters. The monoisotopic (exact) mass is 292 g/mol. The smallest absolute Gasteiger partial charge is 0.0900 e. The maximum atomic E-state index is 10.7. The first-order valence-corrected chi connectivity index (χ1v) is 7.08. The topological polar surface area (TPSA) is 20.2 Å². The molecule has 1 aliphatic rings. The summed E-state index contributed by atoms with van der Waals surface area (Å²) < 4.78 is 0. The highest BCUT2D eigenvalue weighted by Crippen LogP contribution is 2.57. The molecule has 1 fully saturated rings. The highest BCUT2D eigenvalue weighted by molar-refractivity contribution is 6.35. The average Bonchev–Trinajstić information content (AvgIpc) is 3.20. The van der Waals surface area contributed by atoms with Gasteiger partial charge in [0.05, 0.1) is 6.10 Å². The first-order valence-electron chi connectivity index (χ1n) is 6.32. The molecule has 2 aromatic rings. The van der Waals surface area contributed by atoms with Gasteiger partial charge in [0, 0.05) is 21.0 Å². The Morgan fingerprint density at radius 2 is 1.68 bits per heavy atom. The molecule has 0 heterocycles. The van der Waals surface area contributed by atoms with Gasteiger partial charge in [-0.2, -0.15) is 0 Å². The second kappa shape index (κ2) is 4.82. The second-order valence-corrected chi connectivity index (χ2v) is 5.93. The Labute approximate surface area is 122 Å². The van der Waals surface area contributed by atoms with E-state index < -0.39 is 6.10 Å². The van der Waals surface area contributed by atoms with E-state index in [0.29, 0.717) is 10.0 Å². The van der Waals surface area contributed by atoms with Gasteiger partial charge >= 0.3 is 0 Å². The van der Waals surface area contributed by atoms with Gasteiger partial charge < -0.3 is 5.11 Å². The van der Waals surface area contributed by atoms with Crippen LogP contribution in [0, 0.1) is 0 Å². The maximum Gasteiger partial charge on any atom is 0.0900 e. The highest BCUT2D eigenvalue weighted by atomic mass is 35.5. The van der Waals surface area contributed by atoms with Crippen molar-refractivity contribution in [3.05, 3.63) is 69.7 Å². The van der Waals surface area contributed by atoms with Crippen LogP contribution in [0.3, 0.4) is 0 Å². The molecule has 19 heavy (non-hydrogen) atoms. The zero-order chi connectivity index (χ0) is 13.5. The average molecular weight is 293 g/mol. The first-order chi connectivity index (χ1) is 9.13. The Bertz CT molecular complexity index is 591. The lowest BCUT2D eigenvalue weighted by atomic mass is 9.86. The van der Waals surface area contributed by atoms with Gasteiger partial charge in [0.2, 0.25) is 0 Å². The maximum absolute atomic E-state index is 10.7. The standard InChI is InChI=1S/C16H14Cl2O/c17-12-6-7-13(14(18)10-12)15(19)16(8-9-16)11-4-2-1-3-5-11/h1-7,10,15,19H,8-9H2. The Morgan fingerprint density at radius 1 is 1.00 bits per heavy atom. The van der Waals surface area contributed by atoms with Gasteiger partial charge in [-0.05, 0) is 30.5 Å². The van der Waals surface area contributed by atoms with E-state index in [4.69, 9.17) is 23.2 Å². The zero-order valence-corrected chi connectivity index (χ0v) is 11.8. The number of hydrogen-bond acceptors (Lipinski definition) is 1. The molecule has 98 valence electrons. The third kappa shape index (κ3) is 2.27. The lowest BCUT2D eigenvalue weighted by molar-refractivity contribution is 0.133. The summed E-state index contributed by atoms with van der Waals surface area (Å²) in [6.45, 7) is 0. The van der Waals surface area contributed by atoms with Crippen LogP contribution in [0.25, 0.3) is 0 Å². The van der Waals surface area contributed by atoms with Crippen LogP contribution in [-0.2, 0) is 5.41 Å². The summed E-state index contributed by atoms with van der Waals surface area (Å²) in [4.78, 5) is 0. The molecule has 1 aliphatic carbocycles. The predicted octanol–water partition coefficient (Wildman–Crippen LogP) is 4.76. The fourth-order valence-corrected chi connectivity index (χ4v) is 3.16. The van der Waals surface area contributed by atoms with Crippen molar-refractivity contribution in [3.8, 4) is 0 Å². The van der Waals surface area contributed by atoms with Gasteiger partial charge in [0.15, 0.2) is 0 Å². The fourth-order valence-electron chi connectivity index (χ4n) is 2.65. The number of aliphatic hydroxyl groups is 1. The summed E-state index contributed by atoms with van der Waals surface area (Å²) in [7, 11) is 0. The van der Waals surface area contributed by atoms with Crippen LogP contribution in [0.1, 0.15) is 30.1 Å². The van der Waals surface area contributed by atoms with Crippen LogP contribution in [0.2, 0.25) is 10.0 Å². The Morgan fingerprint density at radius 3 is 2.26 bits per heavy atom. The van der Waals surface area contributed by atoms with E-state index in [9.17, 15) is 5.11 Å². The van der Waals surface area contributed by atoms with Crippen molar-refractivity contribution in [3.63, 3.8) is 0 Å². The van der Waals surface area contributed by atoms with Gasteiger partial charge in [0.25, 0.3) is 0 Å². The molecule has 0 aliphatic heterocycles. The fraction of sp³-hybridized carbons (Fsp3) is 0.250. The number of halogens is 2. The molecule has 0 aromatic heterocycles. The van der Waals surface area contributed by atoms with E-state index in [1.54, 1.807) is 12.1 Å². The second-order valence-electron chi connectivity index (χ2n) is 5.09. The summed E-state index contributed by atoms with van der Waals surface area (Å²) in [6.07, 6.45) is 1.38. The van der Waals surface area contributed by atoms with E-state index >= 15 is 0 Å². The van der Waals surface area contributed by atoms with E-state index in [1.165, 1.54) is 5.56 Å². The largest absolute Gasteiger partial charge is 0.387 e. The number of hydrogen-bond donors (Lipinski definition) is 1. The van der Waals surface area contributed by atoms with Crippen LogP contribution < -0.4 is 0 Å². The molecule has 0 amide bonds. The van der Waals surface area contributed by atoms with E-state index in [0.717, 1.165) is 18.4 Å². The van der Waals surface area contributed by atoms with Crippen LogP contribution in [-0.4, -0.2) is 5.11 Å². The van der Waals surface area contributed by atoms with E-state index in [2.05, 4.69) is 12.1 Å². The molecule has 1 N–H and O–H groups in total. The third-order valence-corrected chi connectivity index (χ3v) is 4.48. The lowest BCUT2D eigenvalue weighted by Gasteiger charge is -2.24. The van der Waals surface area contributed by atoms with Crippen LogP contribution >= 0.6 is 23.2 Å². The molecule has 0 radical (unpaired) electrons. The molecule has 3 heteroatoms. The van der Waals surface area contributed by atoms with Gasteiger partial charge in [-0.1, -0.05) is 59.6 Å². The number of aliphatic hydroxyl groups excluding tert-OH is 1. The third-order valence-electron chi connectivity index (χ3n) is 3.92. The zero-order valence-electron chi connectivity index (χ0n) is 10.3. The molecule has 0 spiro atoms. The first kappa shape index (κ1) is 13.0. The van der Waals surface area contributed by atoms with Crippen molar-refractivity contribution in [2.75, 3.05) is 0 Å². The van der Waals surface area contributed by atoms with E-state index in [-0.39, 0.29) is 5.41 Å². The summed E-state index contributed by atoms with van der Waals surface area (Å²) in [5, 5.41) is 11.8. The van der Waals surface area contributed by atoms with Crippen molar-refractivity contribution >= 4 is 23.2 Å². The summed E-state index contributed by atoms with van der Waals surface area (Å²) in [6, 6.07) is 15.4. The summed E-state index contributed by atoms with van der Waals surface area (Å²) in [5.74, 6) is 0. The highest BCUT2D eigenvalue weighted by Gasteiger charge is 2.51. The molecule has 3 rings (SSSR count). The van der Waals surface area contributed by atoms with Gasteiger partial charge in [0.1, 0.15) is 0 Å². The van der Waals surface area contributed by atoms with Crippen molar-refractivity contribution < 1.29 is 5.11 Å². The molecule has 1 unspecified atom stereocenters. The molecule has 1 saturated carbocycles. The number of rotatable bonds is 3. The summed E-state index contributed by atoms with van der Waals surface area (Å²) in [5.41, 5.74) is 1.75. The van der Waals surface area contributed by atoms with E-state index in [1.807, 2.05) is 24.3 Å². The van der Waals surface area contributed by atoms with Crippen molar-refractivity contribution in [2.45, 2.75) is 24.4 Å². The quantitative estimate of drug-likeness (QED) is 0.865. The minimum absolute atomic E-state index is 0.182. The predicted molar refractivity (Wildman–Crippen MR) is 78.8 cm³/mol. The lowest BCUT2D eigenvalue weighted by Crippen LogP contribution is -2.18. The molecule has 2 aromatic carbocycles. The van der Waals surface area contributed by atoms with Crippen molar-refractivity contribution in [1.29, 1.82) is 0 Å². The van der Waals surface area contributed by atoms with Crippen molar-refractivity contribution in [1.82, 2.24) is 0 Å². The van der Waals surface area contributed by atoms with Crippen molar-refractivity contribution in [2.24, 2.45) is 0 Å². The minimum atomic E-state index is -0.584. The van der Waals surface area contributed by atoms with Gasteiger partial charge in [-0.3, -0.25) is 0 Å². The Balaban J connectivity index is 1.98. The van der Waals surface area contributed by atoms with Crippen LogP contribution in [0.15, 0.2) is 48.5 Å². The molecule has 0 saturated heterocycles.